The van der Waals surface area contributed by atoms with Crippen LogP contribution in [-0.4, -0.2) is 76.4 Å². The number of aromatic amines is 1. The largest absolute Gasteiger partial charge is 0.490 e. The Morgan fingerprint density at radius 1 is 1.17 bits per heavy atom. The van der Waals surface area contributed by atoms with E-state index in [-0.39, 0.29) is 42.6 Å². The van der Waals surface area contributed by atoms with Gasteiger partial charge in [-0.2, -0.15) is 4.98 Å². The third-order valence-corrected chi connectivity index (χ3v) is 5.30. The number of halogens is 3. The van der Waals surface area contributed by atoms with Gasteiger partial charge in [0.05, 0.1) is 0 Å². The van der Waals surface area contributed by atoms with Gasteiger partial charge in [-0.3, -0.25) is 14.6 Å². The highest BCUT2D eigenvalue weighted by Gasteiger charge is 2.25. The zero-order valence-electron chi connectivity index (χ0n) is 19.0. The Kier molecular flexibility index (Phi) is 8.07. The zero-order chi connectivity index (χ0) is 24.4. The number of nitrogens with one attached hydrogen (secondary N) is 1. The van der Waals surface area contributed by atoms with E-state index in [1.807, 2.05) is 4.90 Å². The number of nitrogens with zero attached hydrogens (tertiary/aromatic N) is 6. The summed E-state index contributed by atoms with van der Waals surface area (Å²) in [5.41, 5.74) is 5.30. The molecule has 35 heavy (non-hydrogen) atoms. The van der Waals surface area contributed by atoms with Crippen molar-refractivity contribution in [1.82, 2.24) is 25.0 Å². The molecule has 2 aromatic heterocycles. The Balaban J connectivity index is 0.00000342. The normalized spacial score (nSPS) is 14.5. The number of hydrogen-bond donors (Lipinski definition) is 2. The van der Waals surface area contributed by atoms with Crippen LogP contribution in [0.4, 0.5) is 20.4 Å². The van der Waals surface area contributed by atoms with E-state index in [1.54, 1.807) is 11.9 Å². The molecule has 190 valence electrons. The smallest absolute Gasteiger partial charge is 0.322 e. The molecule has 0 saturated carbocycles. The lowest BCUT2D eigenvalue weighted by Gasteiger charge is -2.36. The van der Waals surface area contributed by atoms with Crippen molar-refractivity contribution in [2.45, 2.75) is 13.0 Å². The van der Waals surface area contributed by atoms with E-state index < -0.39 is 29.2 Å². The van der Waals surface area contributed by atoms with E-state index in [1.165, 1.54) is 11.6 Å². The van der Waals surface area contributed by atoms with Gasteiger partial charge in [0.25, 0.3) is 5.56 Å². The van der Waals surface area contributed by atoms with Crippen LogP contribution in [0.15, 0.2) is 16.9 Å². The number of hydrogen-bond acceptors (Lipinski definition) is 10. The molecule has 1 fully saturated rings. The molecule has 4 rings (SSSR count). The number of H-pyrrole nitrogens is 1. The van der Waals surface area contributed by atoms with Gasteiger partial charge in [-0.05, 0) is 6.92 Å². The fourth-order valence-electron chi connectivity index (χ4n) is 3.57. The molecule has 1 aliphatic heterocycles. The average molecular weight is 515 g/mol. The summed E-state index contributed by atoms with van der Waals surface area (Å²) in [6.07, 6.45) is 0. The van der Waals surface area contributed by atoms with E-state index >= 15 is 0 Å². The van der Waals surface area contributed by atoms with Crippen molar-refractivity contribution in [2.24, 2.45) is 12.8 Å². The predicted octanol–water partition coefficient (Wildman–Crippen LogP) is 0.347. The van der Waals surface area contributed by atoms with Crippen LogP contribution in [0.3, 0.4) is 0 Å². The summed E-state index contributed by atoms with van der Waals surface area (Å²) in [4.78, 5) is 34.0. The molecule has 1 atom stereocenters. The van der Waals surface area contributed by atoms with Crippen LogP contribution in [0, 0.1) is 11.6 Å². The zero-order valence-corrected chi connectivity index (χ0v) is 19.8. The maximum absolute atomic E-state index is 14.7. The molecular weight excluding hydrogens is 490 g/mol. The van der Waals surface area contributed by atoms with E-state index in [2.05, 4.69) is 20.3 Å². The topological polar surface area (TPSA) is 144 Å². The third kappa shape index (κ3) is 5.59. The van der Waals surface area contributed by atoms with Crippen molar-refractivity contribution in [2.75, 3.05) is 49.2 Å². The fourth-order valence-corrected chi connectivity index (χ4v) is 3.57. The molecule has 0 aliphatic carbocycles. The van der Waals surface area contributed by atoms with Crippen molar-refractivity contribution in [3.63, 3.8) is 0 Å². The number of fused-ring (bicyclic) bond motifs is 1. The lowest BCUT2D eigenvalue weighted by Crippen LogP contribution is -2.48. The van der Waals surface area contributed by atoms with Gasteiger partial charge >= 0.3 is 5.97 Å². The molecule has 3 N–H and O–H groups in total. The second-order valence-corrected chi connectivity index (χ2v) is 7.79. The lowest BCUT2D eigenvalue weighted by molar-refractivity contribution is -0.145. The number of ether oxygens (including phenoxy) is 2. The van der Waals surface area contributed by atoms with Crippen LogP contribution in [0.5, 0.6) is 5.75 Å². The number of nitrogens with two attached hydrogens (primary N) is 1. The number of anilines is 2. The monoisotopic (exact) mass is 514 g/mol. The summed E-state index contributed by atoms with van der Waals surface area (Å²) in [5, 5.41) is 7.58. The second kappa shape index (κ2) is 10.8. The number of aromatic nitrogens is 5. The summed E-state index contributed by atoms with van der Waals surface area (Å²) < 4.78 is 41.0. The first-order valence-corrected chi connectivity index (χ1v) is 10.6. The fraction of sp³-hybridized carbons (Fsp3) is 0.450. The molecule has 0 bridgehead atoms. The highest BCUT2D eigenvalue weighted by Crippen LogP contribution is 2.29. The van der Waals surface area contributed by atoms with E-state index in [0.29, 0.717) is 37.8 Å². The molecule has 0 unspecified atom stereocenters. The van der Waals surface area contributed by atoms with Gasteiger partial charge in [0, 0.05) is 45.4 Å². The quantitative estimate of drug-likeness (QED) is 0.334. The number of aryl methyl sites for hydroxylation is 1. The standard InChI is InChI=1S/C20H24F2N8O4.ClH/c1-11(23)19(32)34-8-7-33-12-9-13(21)16(14(22)10-12)29-3-5-30(6-4-29)20-24-17-15(18(31)25-20)26-27-28(17)2;/h9-11H,3-8,23H2,1-2H3,(H,24,25,31);1H/t11-;/m0./s1. The molecule has 0 spiro atoms. The number of piperazine rings is 1. The summed E-state index contributed by atoms with van der Waals surface area (Å²) in [6.45, 7) is 2.67. The molecule has 0 radical (unpaired) electrons. The van der Waals surface area contributed by atoms with Crippen LogP contribution in [-0.2, 0) is 16.6 Å². The van der Waals surface area contributed by atoms with Crippen molar-refractivity contribution in [3.05, 3.63) is 34.1 Å². The van der Waals surface area contributed by atoms with Crippen molar-refractivity contribution < 1.29 is 23.0 Å². The van der Waals surface area contributed by atoms with Crippen LogP contribution >= 0.6 is 12.4 Å². The first-order valence-electron chi connectivity index (χ1n) is 10.6. The molecule has 3 heterocycles. The summed E-state index contributed by atoms with van der Waals surface area (Å²) in [6, 6.07) is 1.40. The number of carbonyl (C=O) groups is 1. The van der Waals surface area contributed by atoms with E-state index in [0.717, 1.165) is 12.1 Å². The molecular formula is C20H25ClF2N8O4. The third-order valence-electron chi connectivity index (χ3n) is 5.30. The molecule has 0 amide bonds. The van der Waals surface area contributed by atoms with Gasteiger partial charge in [0.1, 0.15) is 30.7 Å². The Hall–Kier alpha value is -3.52. The molecule has 1 aromatic carbocycles. The van der Waals surface area contributed by atoms with E-state index in [9.17, 15) is 18.4 Å². The first kappa shape index (κ1) is 26.1. The van der Waals surface area contributed by atoms with Gasteiger partial charge in [0.2, 0.25) is 5.95 Å². The average Bonchev–Trinajstić information content (AvgIpc) is 3.18. The second-order valence-electron chi connectivity index (χ2n) is 7.79. The Labute approximate surface area is 204 Å². The SMILES string of the molecule is C[C@H](N)C(=O)OCCOc1cc(F)c(N2CCN(c3nc4c(nnn4C)c(=O)[nH]3)CC2)c(F)c1.Cl. The van der Waals surface area contributed by atoms with Crippen molar-refractivity contribution >= 4 is 41.2 Å². The first-order chi connectivity index (χ1) is 16.2. The highest BCUT2D eigenvalue weighted by atomic mass is 35.5. The van der Waals surface area contributed by atoms with Gasteiger partial charge in [-0.15, -0.1) is 17.5 Å². The Morgan fingerprint density at radius 3 is 2.43 bits per heavy atom. The van der Waals surface area contributed by atoms with Gasteiger partial charge < -0.3 is 25.0 Å². The van der Waals surface area contributed by atoms with Gasteiger partial charge in [-0.25, -0.2) is 13.5 Å². The van der Waals surface area contributed by atoms with Gasteiger partial charge in [0.15, 0.2) is 22.8 Å². The van der Waals surface area contributed by atoms with Gasteiger partial charge in [-0.1, -0.05) is 5.21 Å². The molecule has 1 saturated heterocycles. The van der Waals surface area contributed by atoms with Crippen LogP contribution < -0.4 is 25.8 Å². The number of carbonyl (C=O) groups excluding carboxylic acids is 1. The Morgan fingerprint density at radius 2 is 1.80 bits per heavy atom. The predicted molar refractivity (Wildman–Crippen MR) is 125 cm³/mol. The molecule has 12 nitrogen and oxygen atoms in total. The lowest BCUT2D eigenvalue weighted by atomic mass is 10.2. The van der Waals surface area contributed by atoms with Crippen LogP contribution in [0.1, 0.15) is 6.92 Å². The minimum atomic E-state index is -0.773. The summed E-state index contributed by atoms with van der Waals surface area (Å²) in [7, 11) is 1.63. The maximum Gasteiger partial charge on any atom is 0.322 e. The minimum absolute atomic E-state index is 0. The number of benzene rings is 1. The minimum Gasteiger partial charge on any atom is -0.490 e. The Bertz CT molecular complexity index is 1240. The van der Waals surface area contributed by atoms with Crippen molar-refractivity contribution in [1.29, 1.82) is 0 Å². The number of esters is 1. The highest BCUT2D eigenvalue weighted by molar-refractivity contribution is 5.85. The maximum atomic E-state index is 14.7. The van der Waals surface area contributed by atoms with Crippen LogP contribution in [0.2, 0.25) is 0 Å². The number of rotatable bonds is 7. The summed E-state index contributed by atoms with van der Waals surface area (Å²) >= 11 is 0. The molecule has 3 aromatic rings. The van der Waals surface area contributed by atoms with Crippen molar-refractivity contribution in [3.8, 4) is 5.75 Å². The molecule has 15 heteroatoms. The molecule has 1 aliphatic rings. The summed E-state index contributed by atoms with van der Waals surface area (Å²) in [5.74, 6) is -1.81. The van der Waals surface area contributed by atoms with Crippen LogP contribution in [0.25, 0.3) is 11.2 Å². The van der Waals surface area contributed by atoms with E-state index in [4.69, 9.17) is 15.2 Å².